The molecule has 122 valence electrons. The third-order valence-corrected chi connectivity index (χ3v) is 6.09. The van der Waals surface area contributed by atoms with Crippen molar-refractivity contribution < 1.29 is 8.42 Å². The van der Waals surface area contributed by atoms with E-state index in [0.29, 0.717) is 35.7 Å². The molecule has 1 saturated heterocycles. The first kappa shape index (κ1) is 15.9. The number of nitrogens with zero attached hydrogens (tertiary/aromatic N) is 2. The molecule has 0 saturated carbocycles. The molecular formula is C16H19N3O3S. The second-order valence-corrected chi connectivity index (χ2v) is 7.50. The Morgan fingerprint density at radius 2 is 1.91 bits per heavy atom. The molecule has 1 N–H and O–H groups in total. The number of aromatic amines is 1. The van der Waals surface area contributed by atoms with Gasteiger partial charge in [0.2, 0.25) is 10.0 Å². The topological polar surface area (TPSA) is 83.1 Å². The molecule has 0 amide bonds. The Hall–Kier alpha value is -1.99. The van der Waals surface area contributed by atoms with Gasteiger partial charge in [-0.1, -0.05) is 19.1 Å². The standard InChI is InChI=1S/C16H19N3O3S/c1-2-12-5-6-13(14-7-8-16(20)18-17-14)11-15(12)23(21,22)19-9-3-4-10-19/h5-8,11H,2-4,9-10H2,1H3,(H,18,20). The van der Waals surface area contributed by atoms with E-state index in [1.807, 2.05) is 19.1 Å². The van der Waals surface area contributed by atoms with Crippen LogP contribution >= 0.6 is 0 Å². The van der Waals surface area contributed by atoms with Gasteiger partial charge in [-0.3, -0.25) is 4.79 Å². The van der Waals surface area contributed by atoms with Gasteiger partial charge in [0.1, 0.15) is 0 Å². The minimum Gasteiger partial charge on any atom is -0.268 e. The summed E-state index contributed by atoms with van der Waals surface area (Å²) in [5.41, 5.74) is 1.73. The minimum absolute atomic E-state index is 0.288. The highest BCUT2D eigenvalue weighted by atomic mass is 32.2. The lowest BCUT2D eigenvalue weighted by Crippen LogP contribution is -2.28. The number of rotatable bonds is 4. The van der Waals surface area contributed by atoms with E-state index in [2.05, 4.69) is 10.2 Å². The van der Waals surface area contributed by atoms with Crippen LogP contribution in [0.4, 0.5) is 0 Å². The van der Waals surface area contributed by atoms with Crippen molar-refractivity contribution >= 4 is 10.0 Å². The molecule has 1 aliphatic heterocycles. The van der Waals surface area contributed by atoms with Gasteiger partial charge < -0.3 is 0 Å². The van der Waals surface area contributed by atoms with Crippen LogP contribution in [0.5, 0.6) is 0 Å². The largest absolute Gasteiger partial charge is 0.268 e. The normalized spacial score (nSPS) is 15.9. The van der Waals surface area contributed by atoms with Crippen LogP contribution in [0.2, 0.25) is 0 Å². The van der Waals surface area contributed by atoms with E-state index in [1.165, 1.54) is 6.07 Å². The van der Waals surface area contributed by atoms with Crippen molar-refractivity contribution in [2.24, 2.45) is 0 Å². The molecule has 2 aromatic rings. The first-order chi connectivity index (χ1) is 11.0. The van der Waals surface area contributed by atoms with Gasteiger partial charge >= 0.3 is 0 Å². The van der Waals surface area contributed by atoms with E-state index >= 15 is 0 Å². The first-order valence-electron chi connectivity index (χ1n) is 7.71. The molecule has 1 aromatic heterocycles. The summed E-state index contributed by atoms with van der Waals surface area (Å²) in [6.45, 7) is 3.09. The van der Waals surface area contributed by atoms with E-state index in [4.69, 9.17) is 0 Å². The van der Waals surface area contributed by atoms with Crippen LogP contribution in [0, 0.1) is 0 Å². The van der Waals surface area contributed by atoms with Crippen molar-refractivity contribution in [3.63, 3.8) is 0 Å². The molecule has 1 aromatic carbocycles. The Labute approximate surface area is 135 Å². The van der Waals surface area contributed by atoms with E-state index in [1.54, 1.807) is 16.4 Å². The molecular weight excluding hydrogens is 314 g/mol. The fraction of sp³-hybridized carbons (Fsp3) is 0.375. The molecule has 0 aliphatic carbocycles. The summed E-state index contributed by atoms with van der Waals surface area (Å²) in [5, 5.41) is 6.35. The van der Waals surface area contributed by atoms with Crippen LogP contribution in [0.25, 0.3) is 11.3 Å². The van der Waals surface area contributed by atoms with Crippen LogP contribution in [-0.4, -0.2) is 36.0 Å². The number of benzene rings is 1. The van der Waals surface area contributed by atoms with Gasteiger partial charge in [-0.05, 0) is 37.0 Å². The van der Waals surface area contributed by atoms with E-state index in [0.717, 1.165) is 18.4 Å². The number of hydrogen-bond acceptors (Lipinski definition) is 4. The van der Waals surface area contributed by atoms with Crippen LogP contribution < -0.4 is 5.56 Å². The zero-order valence-corrected chi connectivity index (χ0v) is 13.8. The summed E-state index contributed by atoms with van der Waals surface area (Å²) in [4.78, 5) is 11.5. The van der Waals surface area contributed by atoms with Gasteiger partial charge in [-0.2, -0.15) is 9.40 Å². The van der Waals surface area contributed by atoms with Crippen molar-refractivity contribution in [2.45, 2.75) is 31.1 Å². The van der Waals surface area contributed by atoms with Gasteiger partial charge in [0.15, 0.2) is 0 Å². The zero-order chi connectivity index (χ0) is 16.4. The lowest BCUT2D eigenvalue weighted by Gasteiger charge is -2.18. The number of hydrogen-bond donors (Lipinski definition) is 1. The maximum Gasteiger partial charge on any atom is 0.264 e. The average Bonchev–Trinajstić information content (AvgIpc) is 3.10. The third kappa shape index (κ3) is 3.07. The molecule has 0 unspecified atom stereocenters. The van der Waals surface area contributed by atoms with Crippen molar-refractivity contribution in [1.82, 2.24) is 14.5 Å². The monoisotopic (exact) mass is 333 g/mol. The quantitative estimate of drug-likeness (QED) is 0.924. The predicted molar refractivity (Wildman–Crippen MR) is 87.7 cm³/mol. The van der Waals surface area contributed by atoms with E-state index < -0.39 is 10.0 Å². The third-order valence-electron chi connectivity index (χ3n) is 4.11. The van der Waals surface area contributed by atoms with Crippen molar-refractivity contribution in [3.05, 3.63) is 46.2 Å². The molecule has 0 radical (unpaired) electrons. The number of nitrogens with one attached hydrogen (secondary N) is 1. The molecule has 23 heavy (non-hydrogen) atoms. The van der Waals surface area contributed by atoms with Crippen LogP contribution in [0.3, 0.4) is 0 Å². The summed E-state index contributed by atoms with van der Waals surface area (Å²) >= 11 is 0. The molecule has 0 bridgehead atoms. The predicted octanol–water partition coefficient (Wildman–Crippen LogP) is 1.78. The molecule has 6 nitrogen and oxygen atoms in total. The lowest BCUT2D eigenvalue weighted by molar-refractivity contribution is 0.476. The first-order valence-corrected chi connectivity index (χ1v) is 9.15. The second-order valence-electron chi connectivity index (χ2n) is 5.59. The SMILES string of the molecule is CCc1ccc(-c2ccc(=O)[nH]n2)cc1S(=O)(=O)N1CCCC1. The van der Waals surface area contributed by atoms with Crippen molar-refractivity contribution in [2.75, 3.05) is 13.1 Å². The number of aryl methyl sites for hydroxylation is 1. The Bertz CT molecular complexity index is 848. The smallest absolute Gasteiger partial charge is 0.264 e. The maximum absolute atomic E-state index is 12.9. The van der Waals surface area contributed by atoms with Gasteiger partial charge in [-0.25, -0.2) is 13.5 Å². The average molecular weight is 333 g/mol. The zero-order valence-electron chi connectivity index (χ0n) is 12.9. The number of H-pyrrole nitrogens is 1. The molecule has 1 fully saturated rings. The van der Waals surface area contributed by atoms with Crippen LogP contribution in [0.15, 0.2) is 40.0 Å². The highest BCUT2D eigenvalue weighted by Gasteiger charge is 2.29. The molecule has 7 heteroatoms. The fourth-order valence-electron chi connectivity index (χ4n) is 2.82. The highest BCUT2D eigenvalue weighted by molar-refractivity contribution is 7.89. The molecule has 2 heterocycles. The summed E-state index contributed by atoms with van der Waals surface area (Å²) in [5.74, 6) is 0. The fourth-order valence-corrected chi connectivity index (χ4v) is 4.66. The maximum atomic E-state index is 12.9. The summed E-state index contributed by atoms with van der Waals surface area (Å²) in [6, 6.07) is 8.29. The molecule has 1 aliphatic rings. The van der Waals surface area contributed by atoms with Gasteiger partial charge in [-0.15, -0.1) is 0 Å². The van der Waals surface area contributed by atoms with Crippen molar-refractivity contribution in [3.8, 4) is 11.3 Å². The Balaban J connectivity index is 2.09. The molecule has 0 spiro atoms. The summed E-state index contributed by atoms with van der Waals surface area (Å²) in [6.07, 6.45) is 2.45. The molecule has 0 atom stereocenters. The Morgan fingerprint density at radius 1 is 1.17 bits per heavy atom. The summed E-state index contributed by atoms with van der Waals surface area (Å²) < 4.78 is 27.3. The van der Waals surface area contributed by atoms with Gasteiger partial charge in [0.05, 0.1) is 10.6 Å². The van der Waals surface area contributed by atoms with E-state index in [9.17, 15) is 13.2 Å². The van der Waals surface area contributed by atoms with Gasteiger partial charge in [0.25, 0.3) is 5.56 Å². The minimum atomic E-state index is -3.49. The second kappa shape index (κ2) is 6.25. The van der Waals surface area contributed by atoms with Crippen molar-refractivity contribution in [1.29, 1.82) is 0 Å². The van der Waals surface area contributed by atoms with E-state index in [-0.39, 0.29) is 5.56 Å². The van der Waals surface area contributed by atoms with Crippen LogP contribution in [-0.2, 0) is 16.4 Å². The Kier molecular flexibility index (Phi) is 4.32. The lowest BCUT2D eigenvalue weighted by atomic mass is 10.1. The number of sulfonamides is 1. The number of aromatic nitrogens is 2. The van der Waals surface area contributed by atoms with Crippen LogP contribution in [0.1, 0.15) is 25.3 Å². The molecule has 3 rings (SSSR count). The van der Waals surface area contributed by atoms with Gasteiger partial charge in [0, 0.05) is 24.7 Å². The summed E-state index contributed by atoms with van der Waals surface area (Å²) in [7, 11) is -3.49. The highest BCUT2D eigenvalue weighted by Crippen LogP contribution is 2.28. The Morgan fingerprint density at radius 3 is 2.52 bits per heavy atom.